The number of likely N-dealkylation sites (N-methyl/N-ethyl adjacent to an activating group) is 1. The van der Waals surface area contributed by atoms with Gasteiger partial charge in [-0.1, -0.05) is 26.2 Å². The van der Waals surface area contributed by atoms with Gasteiger partial charge in [0.15, 0.2) is 0 Å². The first-order chi connectivity index (χ1) is 20.1. The second kappa shape index (κ2) is 17.1. The van der Waals surface area contributed by atoms with Crippen LogP contribution in [0.15, 0.2) is 18.2 Å². The Morgan fingerprint density at radius 1 is 1.07 bits per heavy atom. The molecule has 238 valence electrons. The van der Waals surface area contributed by atoms with E-state index in [0.717, 1.165) is 38.3 Å². The van der Waals surface area contributed by atoms with Crippen molar-refractivity contribution >= 4 is 17.6 Å². The number of carbonyl (C=O) groups is 2. The molecule has 0 unspecified atom stereocenters. The molecule has 1 fully saturated rings. The lowest BCUT2D eigenvalue weighted by Gasteiger charge is -2.36. The highest BCUT2D eigenvalue weighted by Gasteiger charge is 2.31. The second-order valence-corrected chi connectivity index (χ2v) is 13.0. The highest BCUT2D eigenvalue weighted by Crippen LogP contribution is 2.29. The van der Waals surface area contributed by atoms with Crippen LogP contribution in [0.3, 0.4) is 0 Å². The van der Waals surface area contributed by atoms with Crippen molar-refractivity contribution in [1.29, 1.82) is 0 Å². The van der Waals surface area contributed by atoms with Crippen LogP contribution in [0, 0.1) is 11.8 Å². The number of aliphatic hydroxyl groups is 1. The van der Waals surface area contributed by atoms with Gasteiger partial charge in [-0.15, -0.1) is 0 Å². The van der Waals surface area contributed by atoms with E-state index in [9.17, 15) is 14.7 Å². The zero-order valence-corrected chi connectivity index (χ0v) is 26.9. The molecule has 1 aliphatic carbocycles. The SMILES string of the molecule is CC(C)NC(=O)Nc1ccc2c(c1)C(=O)N([C@@H](C)CO)C[C@H](C)[C@H](CN(C)CC1CCCCC1)OCCCC[C@H](C)O2. The summed E-state index contributed by atoms with van der Waals surface area (Å²) in [6, 6.07) is 4.45. The Hall–Kier alpha value is -2.36. The van der Waals surface area contributed by atoms with E-state index in [4.69, 9.17) is 9.47 Å². The lowest BCUT2D eigenvalue weighted by atomic mass is 9.89. The average molecular weight is 589 g/mol. The molecule has 1 saturated carbocycles. The first kappa shape index (κ1) is 34.1. The third-order valence-electron chi connectivity index (χ3n) is 8.52. The normalized spacial score (nSPS) is 24.1. The van der Waals surface area contributed by atoms with Crippen LogP contribution in [0.2, 0.25) is 0 Å². The van der Waals surface area contributed by atoms with Crippen molar-refractivity contribution in [2.45, 2.75) is 110 Å². The summed E-state index contributed by atoms with van der Waals surface area (Å²) in [4.78, 5) is 30.8. The van der Waals surface area contributed by atoms with Gasteiger partial charge in [-0.05, 0) is 91.0 Å². The summed E-state index contributed by atoms with van der Waals surface area (Å²) in [5.41, 5.74) is 0.883. The third kappa shape index (κ3) is 10.7. The minimum Gasteiger partial charge on any atom is -0.490 e. The molecule has 3 amide bonds. The molecular weight excluding hydrogens is 532 g/mol. The van der Waals surface area contributed by atoms with E-state index in [1.165, 1.54) is 32.1 Å². The monoisotopic (exact) mass is 588 g/mol. The molecule has 1 aromatic rings. The molecule has 2 aliphatic rings. The number of hydrogen-bond acceptors (Lipinski definition) is 6. The molecule has 3 rings (SSSR count). The van der Waals surface area contributed by atoms with Crippen molar-refractivity contribution in [3.63, 3.8) is 0 Å². The standard InChI is InChI=1S/C33H56N4O5/c1-23(2)34-33(40)35-28-15-16-30-29(18-28)32(39)37(25(4)22-38)19-24(3)31(41-17-11-10-12-26(5)42-30)21-36(6)20-27-13-8-7-9-14-27/h15-16,18,23-27,31,38H,7-14,17,19-22H2,1-6H3,(H2,34,35,40)/t24-,25-,26-,31-/m0/s1. The van der Waals surface area contributed by atoms with Gasteiger partial charge in [-0.3, -0.25) is 4.79 Å². The van der Waals surface area contributed by atoms with Crippen molar-refractivity contribution in [2.75, 3.05) is 45.2 Å². The number of urea groups is 1. The van der Waals surface area contributed by atoms with Gasteiger partial charge in [-0.2, -0.15) is 0 Å². The Kier molecular flexibility index (Phi) is 13.9. The molecule has 1 aromatic carbocycles. The molecule has 0 bridgehead atoms. The molecule has 0 aromatic heterocycles. The lowest BCUT2D eigenvalue weighted by Crippen LogP contribution is -2.47. The van der Waals surface area contributed by atoms with Gasteiger partial charge in [0.2, 0.25) is 0 Å². The number of carbonyl (C=O) groups excluding carboxylic acids is 2. The van der Waals surface area contributed by atoms with Crippen molar-refractivity contribution in [3.05, 3.63) is 23.8 Å². The highest BCUT2D eigenvalue weighted by molar-refractivity contribution is 5.99. The Bertz CT molecular complexity index is 983. The van der Waals surface area contributed by atoms with Crippen molar-refractivity contribution < 1.29 is 24.2 Å². The first-order valence-corrected chi connectivity index (χ1v) is 16.2. The molecule has 42 heavy (non-hydrogen) atoms. The second-order valence-electron chi connectivity index (χ2n) is 13.0. The number of nitrogens with zero attached hydrogens (tertiary/aromatic N) is 2. The number of ether oxygens (including phenoxy) is 2. The van der Waals surface area contributed by atoms with Gasteiger partial charge < -0.3 is 35.0 Å². The zero-order valence-electron chi connectivity index (χ0n) is 26.9. The molecule has 9 nitrogen and oxygen atoms in total. The maximum absolute atomic E-state index is 14.2. The molecule has 9 heteroatoms. The van der Waals surface area contributed by atoms with Crippen LogP contribution < -0.4 is 15.4 Å². The zero-order chi connectivity index (χ0) is 30.6. The smallest absolute Gasteiger partial charge is 0.319 e. The quantitative estimate of drug-likeness (QED) is 0.369. The van der Waals surface area contributed by atoms with Crippen molar-refractivity contribution in [2.24, 2.45) is 11.8 Å². The van der Waals surface area contributed by atoms with Crippen LogP contribution in [0.4, 0.5) is 10.5 Å². The number of anilines is 1. The van der Waals surface area contributed by atoms with Crippen LogP contribution >= 0.6 is 0 Å². The maximum atomic E-state index is 14.2. The number of nitrogens with one attached hydrogen (secondary N) is 2. The number of fused-ring (bicyclic) bond motifs is 1. The minimum absolute atomic E-state index is 0.0209. The largest absolute Gasteiger partial charge is 0.490 e. The van der Waals surface area contributed by atoms with Crippen LogP contribution in [-0.2, 0) is 4.74 Å². The number of rotatable bonds is 8. The van der Waals surface area contributed by atoms with Gasteiger partial charge in [0, 0.05) is 43.9 Å². The Morgan fingerprint density at radius 2 is 1.79 bits per heavy atom. The fourth-order valence-corrected chi connectivity index (χ4v) is 6.08. The van der Waals surface area contributed by atoms with Gasteiger partial charge in [0.1, 0.15) is 5.75 Å². The molecule has 0 spiro atoms. The summed E-state index contributed by atoms with van der Waals surface area (Å²) in [5, 5.41) is 15.8. The summed E-state index contributed by atoms with van der Waals surface area (Å²) in [6.45, 7) is 12.6. The van der Waals surface area contributed by atoms with E-state index in [0.29, 0.717) is 30.2 Å². The molecule has 0 radical (unpaired) electrons. The van der Waals surface area contributed by atoms with Crippen LogP contribution in [0.25, 0.3) is 0 Å². The van der Waals surface area contributed by atoms with Crippen LogP contribution in [-0.4, -0.2) is 91.0 Å². The topological polar surface area (TPSA) is 103 Å². The lowest BCUT2D eigenvalue weighted by molar-refractivity contribution is -0.0190. The van der Waals surface area contributed by atoms with E-state index in [1.807, 2.05) is 27.7 Å². The molecule has 0 saturated heterocycles. The van der Waals surface area contributed by atoms with E-state index in [2.05, 4.69) is 29.5 Å². The Labute approximate surface area is 253 Å². The van der Waals surface area contributed by atoms with Gasteiger partial charge in [-0.25, -0.2) is 4.79 Å². The molecule has 3 N–H and O–H groups in total. The van der Waals surface area contributed by atoms with Gasteiger partial charge >= 0.3 is 6.03 Å². The van der Waals surface area contributed by atoms with E-state index < -0.39 is 6.04 Å². The van der Waals surface area contributed by atoms with E-state index in [-0.39, 0.29) is 42.7 Å². The summed E-state index contributed by atoms with van der Waals surface area (Å²) < 4.78 is 12.8. The number of amides is 3. The number of aliphatic hydroxyl groups excluding tert-OH is 1. The molecule has 1 heterocycles. The summed E-state index contributed by atoms with van der Waals surface area (Å²) in [5.74, 6) is 1.04. The summed E-state index contributed by atoms with van der Waals surface area (Å²) >= 11 is 0. The summed E-state index contributed by atoms with van der Waals surface area (Å²) in [7, 11) is 2.19. The average Bonchev–Trinajstić information content (AvgIpc) is 2.94. The third-order valence-corrected chi connectivity index (χ3v) is 8.52. The maximum Gasteiger partial charge on any atom is 0.319 e. The Balaban J connectivity index is 1.87. The van der Waals surface area contributed by atoms with Gasteiger partial charge in [0.05, 0.1) is 30.4 Å². The predicted octanol–water partition coefficient (Wildman–Crippen LogP) is 5.52. The molecule has 1 aliphatic heterocycles. The molecule has 4 atom stereocenters. The molecular formula is C33H56N4O5. The van der Waals surface area contributed by atoms with Crippen molar-refractivity contribution in [3.8, 4) is 5.75 Å². The minimum atomic E-state index is -0.403. The van der Waals surface area contributed by atoms with Crippen molar-refractivity contribution in [1.82, 2.24) is 15.1 Å². The van der Waals surface area contributed by atoms with E-state index in [1.54, 1.807) is 23.1 Å². The van der Waals surface area contributed by atoms with Gasteiger partial charge in [0.25, 0.3) is 5.91 Å². The number of hydrogen-bond donors (Lipinski definition) is 3. The van der Waals surface area contributed by atoms with Crippen LogP contribution in [0.1, 0.15) is 96.3 Å². The fourth-order valence-electron chi connectivity index (χ4n) is 6.08. The predicted molar refractivity (Wildman–Crippen MR) is 168 cm³/mol. The van der Waals surface area contributed by atoms with E-state index >= 15 is 0 Å². The fraction of sp³-hybridized carbons (Fsp3) is 0.758. The number of benzene rings is 1. The van der Waals surface area contributed by atoms with Crippen LogP contribution in [0.5, 0.6) is 5.75 Å². The highest BCUT2D eigenvalue weighted by atomic mass is 16.5. The first-order valence-electron chi connectivity index (χ1n) is 16.2. The Morgan fingerprint density at radius 3 is 2.48 bits per heavy atom. The summed E-state index contributed by atoms with van der Waals surface area (Å²) in [6.07, 6.45) is 9.23.